The fraction of sp³-hybridized carbons (Fsp3) is 0.174. The number of benzene rings is 3. The van der Waals surface area contributed by atoms with Gasteiger partial charge in [0, 0.05) is 0 Å². The third-order valence-electron chi connectivity index (χ3n) is 4.79. The Labute approximate surface area is 164 Å². The number of fused-ring (bicyclic) bond motifs is 1. The van der Waals surface area contributed by atoms with Crippen molar-refractivity contribution in [1.29, 1.82) is 0 Å². The maximum absolute atomic E-state index is 12.7. The molecule has 3 aromatic rings. The number of ether oxygens (including phenoxy) is 2. The molecule has 1 atom stereocenters. The molecular weight excluding hydrogens is 352 g/mol. The van der Waals surface area contributed by atoms with Crippen LogP contribution in [0.15, 0.2) is 78.9 Å². The zero-order valence-corrected chi connectivity index (χ0v) is 15.6. The quantitative estimate of drug-likeness (QED) is 0.688. The molecule has 0 radical (unpaired) electrons. The van der Waals surface area contributed by atoms with Crippen molar-refractivity contribution >= 4 is 6.03 Å². The molecule has 142 valence electrons. The third kappa shape index (κ3) is 3.93. The van der Waals surface area contributed by atoms with Crippen molar-refractivity contribution < 1.29 is 14.3 Å². The normalized spacial score (nSPS) is 13.2. The molecule has 1 unspecified atom stereocenters. The van der Waals surface area contributed by atoms with E-state index in [0.29, 0.717) is 5.75 Å². The maximum Gasteiger partial charge on any atom is 0.316 e. The second-order valence-electron chi connectivity index (χ2n) is 6.71. The van der Waals surface area contributed by atoms with Gasteiger partial charge in [0.2, 0.25) is 6.79 Å². The van der Waals surface area contributed by atoms with Crippen LogP contribution in [0.1, 0.15) is 35.7 Å². The van der Waals surface area contributed by atoms with Gasteiger partial charge in [-0.3, -0.25) is 0 Å². The van der Waals surface area contributed by atoms with Gasteiger partial charge in [-0.2, -0.15) is 0 Å². The molecule has 0 aromatic heterocycles. The summed E-state index contributed by atoms with van der Waals surface area (Å²) in [5.74, 6) is 1.44. The topological polar surface area (TPSA) is 59.6 Å². The number of carbonyl (C=O) groups excluding carboxylic acids is 1. The fourth-order valence-electron chi connectivity index (χ4n) is 3.29. The molecule has 5 nitrogen and oxygen atoms in total. The van der Waals surface area contributed by atoms with Crippen LogP contribution in [0.25, 0.3) is 0 Å². The summed E-state index contributed by atoms with van der Waals surface area (Å²) in [6, 6.07) is 24.9. The minimum absolute atomic E-state index is 0.179. The minimum Gasteiger partial charge on any atom is -0.454 e. The summed E-state index contributed by atoms with van der Waals surface area (Å²) in [4.78, 5) is 12.7. The van der Waals surface area contributed by atoms with Crippen molar-refractivity contribution in [1.82, 2.24) is 10.6 Å². The van der Waals surface area contributed by atoms with Crippen molar-refractivity contribution in [2.24, 2.45) is 0 Å². The zero-order chi connectivity index (χ0) is 19.3. The van der Waals surface area contributed by atoms with Gasteiger partial charge in [-0.1, -0.05) is 66.7 Å². The van der Waals surface area contributed by atoms with Crippen molar-refractivity contribution in [3.63, 3.8) is 0 Å². The van der Waals surface area contributed by atoms with Crippen LogP contribution in [0.5, 0.6) is 11.5 Å². The highest BCUT2D eigenvalue weighted by molar-refractivity contribution is 5.75. The Morgan fingerprint density at radius 2 is 1.39 bits per heavy atom. The molecule has 2 amide bonds. The Balaban J connectivity index is 1.48. The van der Waals surface area contributed by atoms with E-state index in [4.69, 9.17) is 9.47 Å². The average Bonchev–Trinajstić information content (AvgIpc) is 3.21. The Morgan fingerprint density at radius 1 is 0.786 bits per heavy atom. The minimum atomic E-state index is -0.233. The molecule has 3 aromatic carbocycles. The van der Waals surface area contributed by atoms with Crippen LogP contribution in [0, 0.1) is 0 Å². The van der Waals surface area contributed by atoms with E-state index in [1.165, 1.54) is 0 Å². The van der Waals surface area contributed by atoms with Gasteiger partial charge >= 0.3 is 6.03 Å². The molecular formula is C23H22N2O3. The fourth-order valence-corrected chi connectivity index (χ4v) is 3.29. The number of urea groups is 1. The maximum atomic E-state index is 12.7. The van der Waals surface area contributed by atoms with E-state index >= 15 is 0 Å². The highest BCUT2D eigenvalue weighted by atomic mass is 16.7. The Kier molecular flexibility index (Phi) is 5.15. The molecule has 0 aliphatic carbocycles. The first-order valence-corrected chi connectivity index (χ1v) is 9.27. The number of amides is 2. The largest absolute Gasteiger partial charge is 0.454 e. The predicted molar refractivity (Wildman–Crippen MR) is 107 cm³/mol. The molecule has 0 saturated heterocycles. The molecule has 2 N–H and O–H groups in total. The smallest absolute Gasteiger partial charge is 0.316 e. The number of hydrogen-bond donors (Lipinski definition) is 2. The predicted octanol–water partition coefficient (Wildman–Crippen LogP) is 4.57. The lowest BCUT2D eigenvalue weighted by molar-refractivity contribution is 0.174. The van der Waals surface area contributed by atoms with Crippen LogP contribution < -0.4 is 20.1 Å². The van der Waals surface area contributed by atoms with Crippen molar-refractivity contribution in [2.45, 2.75) is 19.0 Å². The molecule has 0 spiro atoms. The van der Waals surface area contributed by atoms with Gasteiger partial charge in [0.15, 0.2) is 11.5 Å². The highest BCUT2D eigenvalue weighted by Crippen LogP contribution is 2.34. The molecule has 0 saturated carbocycles. The van der Waals surface area contributed by atoms with Crippen molar-refractivity contribution in [3.8, 4) is 11.5 Å². The summed E-state index contributed by atoms with van der Waals surface area (Å²) in [7, 11) is 0. The summed E-state index contributed by atoms with van der Waals surface area (Å²) in [5.41, 5.74) is 3.01. The van der Waals surface area contributed by atoms with Crippen LogP contribution in [0.3, 0.4) is 0 Å². The van der Waals surface area contributed by atoms with Crippen LogP contribution in [0.4, 0.5) is 4.79 Å². The van der Waals surface area contributed by atoms with Gasteiger partial charge < -0.3 is 20.1 Å². The summed E-state index contributed by atoms with van der Waals surface area (Å²) in [5, 5.41) is 6.11. The molecule has 0 fully saturated rings. The molecule has 1 aliphatic rings. The standard InChI is InChI=1S/C23H22N2O3/c1-16(19-12-13-20-21(14-19)28-15-27-20)24-23(26)25-22(17-8-4-2-5-9-17)18-10-6-3-7-11-18/h2-14,16,22H,15H2,1H3,(H2,24,25,26). The van der Waals surface area contributed by atoms with E-state index in [0.717, 1.165) is 22.4 Å². The first-order valence-electron chi connectivity index (χ1n) is 9.27. The molecule has 5 heteroatoms. The van der Waals surface area contributed by atoms with Gasteiger partial charge in [0.1, 0.15) is 0 Å². The first kappa shape index (κ1) is 17.9. The summed E-state index contributed by atoms with van der Waals surface area (Å²) in [6.45, 7) is 2.17. The van der Waals surface area contributed by atoms with E-state index in [1.807, 2.05) is 85.8 Å². The Morgan fingerprint density at radius 3 is 2.04 bits per heavy atom. The zero-order valence-electron chi connectivity index (χ0n) is 15.6. The SMILES string of the molecule is CC(NC(=O)NC(c1ccccc1)c1ccccc1)c1ccc2c(c1)OCO2. The van der Waals surface area contributed by atoms with Gasteiger partial charge in [0.05, 0.1) is 12.1 Å². The summed E-state index contributed by atoms with van der Waals surface area (Å²) >= 11 is 0. The van der Waals surface area contributed by atoms with Crippen LogP contribution in [0.2, 0.25) is 0 Å². The summed E-state index contributed by atoms with van der Waals surface area (Å²) < 4.78 is 10.8. The van der Waals surface area contributed by atoms with Gasteiger partial charge in [0.25, 0.3) is 0 Å². The first-order chi connectivity index (χ1) is 13.7. The molecule has 1 heterocycles. The highest BCUT2D eigenvalue weighted by Gasteiger charge is 2.20. The molecule has 0 bridgehead atoms. The van der Waals surface area contributed by atoms with E-state index in [9.17, 15) is 4.79 Å². The lowest BCUT2D eigenvalue weighted by Crippen LogP contribution is -2.39. The Bertz CT molecular complexity index is 905. The third-order valence-corrected chi connectivity index (χ3v) is 4.79. The Hall–Kier alpha value is -3.47. The second kappa shape index (κ2) is 8.05. The second-order valence-corrected chi connectivity index (χ2v) is 6.71. The van der Waals surface area contributed by atoms with Crippen LogP contribution in [-0.4, -0.2) is 12.8 Å². The van der Waals surface area contributed by atoms with E-state index < -0.39 is 0 Å². The number of hydrogen-bond acceptors (Lipinski definition) is 3. The van der Waals surface area contributed by atoms with Crippen molar-refractivity contribution in [3.05, 3.63) is 95.6 Å². The van der Waals surface area contributed by atoms with Gasteiger partial charge in [-0.25, -0.2) is 4.79 Å². The molecule has 4 rings (SSSR count). The lowest BCUT2D eigenvalue weighted by atomic mass is 9.99. The van der Waals surface area contributed by atoms with Gasteiger partial charge in [-0.15, -0.1) is 0 Å². The van der Waals surface area contributed by atoms with E-state index in [2.05, 4.69) is 10.6 Å². The number of nitrogens with one attached hydrogen (secondary N) is 2. The van der Waals surface area contributed by atoms with Gasteiger partial charge in [-0.05, 0) is 35.7 Å². The van der Waals surface area contributed by atoms with E-state index in [1.54, 1.807) is 0 Å². The average molecular weight is 374 g/mol. The lowest BCUT2D eigenvalue weighted by Gasteiger charge is -2.22. The van der Waals surface area contributed by atoms with Crippen LogP contribution in [-0.2, 0) is 0 Å². The molecule has 1 aliphatic heterocycles. The monoisotopic (exact) mass is 374 g/mol. The number of rotatable bonds is 5. The van der Waals surface area contributed by atoms with Crippen LogP contribution >= 0.6 is 0 Å². The molecule has 28 heavy (non-hydrogen) atoms. The summed E-state index contributed by atoms with van der Waals surface area (Å²) in [6.07, 6.45) is 0. The van der Waals surface area contributed by atoms with Crippen molar-refractivity contribution in [2.75, 3.05) is 6.79 Å². The number of carbonyl (C=O) groups is 1. The van der Waals surface area contributed by atoms with E-state index in [-0.39, 0.29) is 24.9 Å².